The molecule has 1 saturated heterocycles. The maximum Gasteiger partial charge on any atom is 0.223 e. The molecule has 0 spiro atoms. The first-order chi connectivity index (χ1) is 14.6. The zero-order valence-corrected chi connectivity index (χ0v) is 17.7. The molecule has 0 radical (unpaired) electrons. The number of aliphatic hydroxyl groups is 1. The maximum atomic E-state index is 13.2. The van der Waals surface area contributed by atoms with Crippen molar-refractivity contribution in [1.29, 1.82) is 0 Å². The Morgan fingerprint density at radius 2 is 1.80 bits per heavy atom. The SMILES string of the molecule is COc1ccccc1CCC(=O)N1CCO[C@H](CO)[C@H]1c1ccc(OC)c(OC)c1. The number of nitrogens with zero attached hydrogens (tertiary/aromatic N) is 1. The average Bonchev–Trinajstić information content (AvgIpc) is 2.81. The monoisotopic (exact) mass is 415 g/mol. The summed E-state index contributed by atoms with van der Waals surface area (Å²) < 4.78 is 21.9. The van der Waals surface area contributed by atoms with Gasteiger partial charge in [-0.1, -0.05) is 24.3 Å². The Balaban J connectivity index is 1.83. The second kappa shape index (κ2) is 10.3. The molecule has 3 rings (SSSR count). The molecule has 1 N–H and O–H groups in total. The second-order valence-electron chi connectivity index (χ2n) is 7.05. The number of aliphatic hydroxyl groups excluding tert-OH is 1. The van der Waals surface area contributed by atoms with Crippen molar-refractivity contribution >= 4 is 5.91 Å². The molecular formula is C23H29NO6. The van der Waals surface area contributed by atoms with E-state index in [1.807, 2.05) is 36.4 Å². The minimum Gasteiger partial charge on any atom is -0.496 e. The minimum absolute atomic E-state index is 0.00226. The Hall–Kier alpha value is -2.77. The lowest BCUT2D eigenvalue weighted by atomic mass is 9.96. The summed E-state index contributed by atoms with van der Waals surface area (Å²) in [5, 5.41) is 9.89. The fraction of sp³-hybridized carbons (Fsp3) is 0.435. The van der Waals surface area contributed by atoms with Gasteiger partial charge < -0.3 is 29.0 Å². The third kappa shape index (κ3) is 4.68. The number of ether oxygens (including phenoxy) is 4. The Morgan fingerprint density at radius 3 is 2.50 bits per heavy atom. The van der Waals surface area contributed by atoms with Gasteiger partial charge in [0.2, 0.25) is 5.91 Å². The lowest BCUT2D eigenvalue weighted by molar-refractivity contribution is -0.149. The summed E-state index contributed by atoms with van der Waals surface area (Å²) in [4.78, 5) is 15.0. The van der Waals surface area contributed by atoms with Crippen molar-refractivity contribution in [1.82, 2.24) is 4.90 Å². The van der Waals surface area contributed by atoms with Gasteiger partial charge in [0.25, 0.3) is 0 Å². The normalized spacial score (nSPS) is 18.7. The predicted molar refractivity (Wildman–Crippen MR) is 112 cm³/mol. The van der Waals surface area contributed by atoms with Crippen LogP contribution in [0.3, 0.4) is 0 Å². The zero-order valence-electron chi connectivity index (χ0n) is 17.7. The van der Waals surface area contributed by atoms with Gasteiger partial charge in [-0.3, -0.25) is 4.79 Å². The van der Waals surface area contributed by atoms with Crippen LogP contribution in [-0.2, 0) is 16.0 Å². The van der Waals surface area contributed by atoms with E-state index in [4.69, 9.17) is 18.9 Å². The first-order valence-electron chi connectivity index (χ1n) is 9.98. The average molecular weight is 415 g/mol. The van der Waals surface area contributed by atoms with Crippen LogP contribution >= 0.6 is 0 Å². The van der Waals surface area contributed by atoms with Crippen LogP contribution in [0.5, 0.6) is 17.2 Å². The zero-order chi connectivity index (χ0) is 21.5. The number of benzene rings is 2. The van der Waals surface area contributed by atoms with Gasteiger partial charge in [0.1, 0.15) is 11.9 Å². The molecule has 1 aliphatic heterocycles. The number of para-hydroxylation sites is 1. The lowest BCUT2D eigenvalue weighted by Crippen LogP contribution is -2.49. The second-order valence-corrected chi connectivity index (χ2v) is 7.05. The van der Waals surface area contributed by atoms with Crippen molar-refractivity contribution in [3.8, 4) is 17.2 Å². The smallest absolute Gasteiger partial charge is 0.223 e. The van der Waals surface area contributed by atoms with Gasteiger partial charge in [0, 0.05) is 13.0 Å². The van der Waals surface area contributed by atoms with E-state index in [0.29, 0.717) is 37.5 Å². The predicted octanol–water partition coefficient (Wildman–Crippen LogP) is 2.61. The summed E-state index contributed by atoms with van der Waals surface area (Å²) in [6.07, 6.45) is 0.400. The number of hydrogen-bond donors (Lipinski definition) is 1. The van der Waals surface area contributed by atoms with Crippen molar-refractivity contribution in [2.45, 2.75) is 25.0 Å². The van der Waals surface area contributed by atoms with Crippen molar-refractivity contribution in [2.75, 3.05) is 41.1 Å². The molecule has 0 unspecified atom stereocenters. The highest BCUT2D eigenvalue weighted by molar-refractivity contribution is 5.77. The highest BCUT2D eigenvalue weighted by Gasteiger charge is 2.36. The van der Waals surface area contributed by atoms with Gasteiger partial charge in [0.05, 0.1) is 40.6 Å². The number of amides is 1. The van der Waals surface area contributed by atoms with Crippen LogP contribution in [0.4, 0.5) is 0 Å². The number of carbonyl (C=O) groups is 1. The van der Waals surface area contributed by atoms with Crippen molar-refractivity contribution in [3.63, 3.8) is 0 Å². The molecule has 0 aliphatic carbocycles. The Bertz CT molecular complexity index is 855. The quantitative estimate of drug-likeness (QED) is 0.714. The van der Waals surface area contributed by atoms with Crippen LogP contribution in [0.2, 0.25) is 0 Å². The number of hydrogen-bond acceptors (Lipinski definition) is 6. The van der Waals surface area contributed by atoms with E-state index in [1.165, 1.54) is 0 Å². The standard InChI is InChI=1S/C23H29NO6/c1-27-18-7-5-4-6-16(18)9-11-22(26)24-12-13-30-21(15-25)23(24)17-8-10-19(28-2)20(14-17)29-3/h4-8,10,14,21,23,25H,9,11-13,15H2,1-3H3/t21-,23-/m1/s1. The molecule has 1 amide bonds. The molecule has 2 atom stereocenters. The Morgan fingerprint density at radius 1 is 1.07 bits per heavy atom. The Labute approximate surface area is 177 Å². The third-order valence-electron chi connectivity index (χ3n) is 5.40. The highest BCUT2D eigenvalue weighted by atomic mass is 16.5. The highest BCUT2D eigenvalue weighted by Crippen LogP contribution is 2.36. The molecule has 162 valence electrons. The van der Waals surface area contributed by atoms with Crippen LogP contribution in [0.1, 0.15) is 23.6 Å². The molecule has 0 bridgehead atoms. The summed E-state index contributed by atoms with van der Waals surface area (Å²) in [6, 6.07) is 12.8. The van der Waals surface area contributed by atoms with Crippen LogP contribution in [0, 0.1) is 0 Å². The van der Waals surface area contributed by atoms with E-state index < -0.39 is 12.1 Å². The van der Waals surface area contributed by atoms with Gasteiger partial charge in [-0.05, 0) is 35.7 Å². The van der Waals surface area contributed by atoms with Crippen molar-refractivity contribution in [2.24, 2.45) is 0 Å². The van der Waals surface area contributed by atoms with Gasteiger partial charge in [-0.15, -0.1) is 0 Å². The van der Waals surface area contributed by atoms with E-state index in [-0.39, 0.29) is 12.5 Å². The molecule has 0 saturated carbocycles. The number of morpholine rings is 1. The summed E-state index contributed by atoms with van der Waals surface area (Å²) in [6.45, 7) is 0.658. The fourth-order valence-electron chi connectivity index (χ4n) is 3.89. The van der Waals surface area contributed by atoms with Gasteiger partial charge in [-0.2, -0.15) is 0 Å². The van der Waals surface area contributed by atoms with Crippen molar-refractivity contribution < 1.29 is 28.8 Å². The van der Waals surface area contributed by atoms with Crippen LogP contribution in [0.15, 0.2) is 42.5 Å². The molecule has 7 nitrogen and oxygen atoms in total. The summed E-state index contributed by atoms with van der Waals surface area (Å²) in [5.41, 5.74) is 1.82. The molecule has 1 aliphatic rings. The van der Waals surface area contributed by atoms with Gasteiger partial charge in [0.15, 0.2) is 11.5 Å². The first-order valence-corrected chi connectivity index (χ1v) is 9.98. The van der Waals surface area contributed by atoms with Crippen LogP contribution in [-0.4, -0.2) is 63.1 Å². The maximum absolute atomic E-state index is 13.2. The molecule has 0 aromatic heterocycles. The minimum atomic E-state index is -0.507. The third-order valence-corrected chi connectivity index (χ3v) is 5.40. The summed E-state index contributed by atoms with van der Waals surface area (Å²) >= 11 is 0. The molecular weight excluding hydrogens is 386 g/mol. The van der Waals surface area contributed by atoms with E-state index >= 15 is 0 Å². The number of methoxy groups -OCH3 is 3. The fourth-order valence-corrected chi connectivity index (χ4v) is 3.89. The largest absolute Gasteiger partial charge is 0.496 e. The van der Waals surface area contributed by atoms with E-state index in [0.717, 1.165) is 16.9 Å². The van der Waals surface area contributed by atoms with E-state index in [9.17, 15) is 9.90 Å². The number of rotatable bonds is 8. The van der Waals surface area contributed by atoms with Crippen LogP contribution < -0.4 is 14.2 Å². The van der Waals surface area contributed by atoms with Gasteiger partial charge in [-0.25, -0.2) is 0 Å². The van der Waals surface area contributed by atoms with Crippen molar-refractivity contribution in [3.05, 3.63) is 53.6 Å². The van der Waals surface area contributed by atoms with Crippen LogP contribution in [0.25, 0.3) is 0 Å². The molecule has 30 heavy (non-hydrogen) atoms. The van der Waals surface area contributed by atoms with E-state index in [1.54, 1.807) is 32.3 Å². The van der Waals surface area contributed by atoms with E-state index in [2.05, 4.69) is 0 Å². The number of carbonyl (C=O) groups excluding carboxylic acids is 1. The summed E-state index contributed by atoms with van der Waals surface area (Å²) in [7, 11) is 4.77. The molecule has 7 heteroatoms. The number of aryl methyl sites for hydroxylation is 1. The molecule has 1 fully saturated rings. The lowest BCUT2D eigenvalue weighted by Gasteiger charge is -2.41. The molecule has 2 aromatic rings. The topological polar surface area (TPSA) is 77.5 Å². The van der Waals surface area contributed by atoms with Gasteiger partial charge >= 0.3 is 0 Å². The molecule has 2 aromatic carbocycles. The summed E-state index contributed by atoms with van der Waals surface area (Å²) in [5.74, 6) is 1.95. The molecule has 1 heterocycles. The Kier molecular flexibility index (Phi) is 7.54. The first kappa shape index (κ1) is 21.9.